The van der Waals surface area contributed by atoms with Gasteiger partial charge >= 0.3 is 0 Å². The minimum Gasteiger partial charge on any atom is -0.352 e. The van der Waals surface area contributed by atoms with E-state index in [-0.39, 0.29) is 30.3 Å². The second-order valence-electron chi connectivity index (χ2n) is 7.08. The third-order valence-electron chi connectivity index (χ3n) is 4.68. The molecule has 3 rings (SSSR count). The number of carbonyl (C=O) groups excluding carboxylic acids is 2. The molecule has 2 amide bonds. The van der Waals surface area contributed by atoms with E-state index in [1.54, 1.807) is 6.07 Å². The molecule has 5 nitrogen and oxygen atoms in total. The lowest BCUT2D eigenvalue weighted by Crippen LogP contribution is -2.41. The smallest absolute Gasteiger partial charge is 0.251 e. The van der Waals surface area contributed by atoms with Crippen molar-refractivity contribution >= 4 is 36.0 Å². The molecule has 1 aliphatic rings. The van der Waals surface area contributed by atoms with Crippen molar-refractivity contribution in [3.8, 4) is 0 Å². The highest BCUT2D eigenvalue weighted by molar-refractivity contribution is 7.99. The molecule has 1 atom stereocenters. The van der Waals surface area contributed by atoms with Crippen LogP contribution in [0.1, 0.15) is 33.5 Å². The van der Waals surface area contributed by atoms with Crippen molar-refractivity contribution in [2.45, 2.75) is 32.5 Å². The SMILES string of the molecule is Cc1ccc(CNC(=O)c2cccc(CNC(=O)CC3CSCCN3)c2)cc1.Cl. The number of rotatable bonds is 7. The van der Waals surface area contributed by atoms with Crippen molar-refractivity contribution in [2.75, 3.05) is 18.1 Å². The summed E-state index contributed by atoms with van der Waals surface area (Å²) in [5.74, 6) is 2.01. The molecule has 1 saturated heterocycles. The summed E-state index contributed by atoms with van der Waals surface area (Å²) >= 11 is 1.88. The molecule has 0 radical (unpaired) electrons. The van der Waals surface area contributed by atoms with Crippen molar-refractivity contribution in [3.05, 3.63) is 70.8 Å². The number of thioether (sulfide) groups is 1. The largest absolute Gasteiger partial charge is 0.352 e. The first-order valence-electron chi connectivity index (χ1n) is 9.60. The van der Waals surface area contributed by atoms with Gasteiger partial charge in [-0.1, -0.05) is 42.0 Å². The maximum absolute atomic E-state index is 12.4. The Labute approximate surface area is 182 Å². The van der Waals surface area contributed by atoms with Crippen LogP contribution in [0.5, 0.6) is 0 Å². The summed E-state index contributed by atoms with van der Waals surface area (Å²) in [4.78, 5) is 24.6. The van der Waals surface area contributed by atoms with Gasteiger partial charge in [-0.15, -0.1) is 12.4 Å². The van der Waals surface area contributed by atoms with Gasteiger partial charge in [0.25, 0.3) is 5.91 Å². The van der Waals surface area contributed by atoms with E-state index in [0.717, 1.165) is 29.2 Å². The van der Waals surface area contributed by atoms with E-state index in [9.17, 15) is 9.59 Å². The van der Waals surface area contributed by atoms with Gasteiger partial charge in [-0.2, -0.15) is 11.8 Å². The van der Waals surface area contributed by atoms with Crippen molar-refractivity contribution in [3.63, 3.8) is 0 Å². The maximum Gasteiger partial charge on any atom is 0.251 e. The summed E-state index contributed by atoms with van der Waals surface area (Å²) in [7, 11) is 0. The summed E-state index contributed by atoms with van der Waals surface area (Å²) in [5, 5.41) is 9.27. The minimum absolute atomic E-state index is 0. The summed E-state index contributed by atoms with van der Waals surface area (Å²) in [6.45, 7) is 3.92. The number of hydrogen-bond acceptors (Lipinski definition) is 4. The lowest BCUT2D eigenvalue weighted by Gasteiger charge is -2.22. The van der Waals surface area contributed by atoms with Gasteiger partial charge in [0.15, 0.2) is 0 Å². The van der Waals surface area contributed by atoms with Crippen LogP contribution in [-0.2, 0) is 17.9 Å². The third-order valence-corrected chi connectivity index (χ3v) is 5.81. The molecule has 0 bridgehead atoms. The first-order valence-corrected chi connectivity index (χ1v) is 10.8. The molecule has 7 heteroatoms. The number of benzene rings is 2. The topological polar surface area (TPSA) is 70.2 Å². The molecule has 2 aromatic carbocycles. The van der Waals surface area contributed by atoms with Crippen LogP contribution >= 0.6 is 24.2 Å². The zero-order chi connectivity index (χ0) is 19.8. The first kappa shape index (κ1) is 23.3. The number of halogens is 1. The lowest BCUT2D eigenvalue weighted by molar-refractivity contribution is -0.121. The number of nitrogens with one attached hydrogen (secondary N) is 3. The lowest BCUT2D eigenvalue weighted by atomic mass is 10.1. The predicted octanol–water partition coefficient (Wildman–Crippen LogP) is 3.06. The summed E-state index contributed by atoms with van der Waals surface area (Å²) in [6.07, 6.45) is 0.490. The Hall–Kier alpha value is -2.02. The van der Waals surface area contributed by atoms with Crippen LogP contribution in [-0.4, -0.2) is 35.9 Å². The molecule has 1 aliphatic heterocycles. The van der Waals surface area contributed by atoms with Crippen LogP contribution in [0.2, 0.25) is 0 Å². The van der Waals surface area contributed by atoms with Crippen molar-refractivity contribution in [1.82, 2.24) is 16.0 Å². The van der Waals surface area contributed by atoms with Gasteiger partial charge in [0, 0.05) is 49.2 Å². The highest BCUT2D eigenvalue weighted by atomic mass is 35.5. The van der Waals surface area contributed by atoms with Crippen LogP contribution in [0, 0.1) is 6.92 Å². The van der Waals surface area contributed by atoms with Gasteiger partial charge in [-0.3, -0.25) is 9.59 Å². The second-order valence-corrected chi connectivity index (χ2v) is 8.23. The molecule has 1 unspecified atom stereocenters. The standard InChI is InChI=1S/C22H27N3O2S.ClH/c1-16-5-7-17(8-6-16)13-25-22(27)19-4-2-3-18(11-19)14-24-21(26)12-20-15-28-10-9-23-20;/h2-8,11,20,23H,9-10,12-15H2,1H3,(H,24,26)(H,25,27);1H. The van der Waals surface area contributed by atoms with E-state index >= 15 is 0 Å². The van der Waals surface area contributed by atoms with Crippen LogP contribution in [0.15, 0.2) is 48.5 Å². The molecule has 156 valence electrons. The quantitative estimate of drug-likeness (QED) is 0.627. The van der Waals surface area contributed by atoms with Crippen molar-refractivity contribution in [1.29, 1.82) is 0 Å². The maximum atomic E-state index is 12.4. The van der Waals surface area contributed by atoms with Gasteiger partial charge in [-0.05, 0) is 30.2 Å². The molecule has 0 aliphatic carbocycles. The number of aryl methyl sites for hydroxylation is 1. The van der Waals surface area contributed by atoms with E-state index < -0.39 is 0 Å². The summed E-state index contributed by atoms with van der Waals surface area (Å²) in [6, 6.07) is 15.7. The van der Waals surface area contributed by atoms with E-state index in [0.29, 0.717) is 25.1 Å². The normalized spacial score (nSPS) is 15.8. The molecular formula is C22H28ClN3O2S. The molecule has 2 aromatic rings. The third kappa shape index (κ3) is 7.72. The molecule has 1 heterocycles. The molecule has 0 spiro atoms. The predicted molar refractivity (Wildman–Crippen MR) is 122 cm³/mol. The fraction of sp³-hybridized carbons (Fsp3) is 0.364. The van der Waals surface area contributed by atoms with Crippen molar-refractivity contribution < 1.29 is 9.59 Å². The fourth-order valence-corrected chi connectivity index (χ4v) is 4.01. The minimum atomic E-state index is -0.114. The van der Waals surface area contributed by atoms with Gasteiger partial charge in [0.1, 0.15) is 0 Å². The van der Waals surface area contributed by atoms with Crippen molar-refractivity contribution in [2.24, 2.45) is 0 Å². The molecule has 0 aromatic heterocycles. The number of carbonyl (C=O) groups is 2. The van der Waals surface area contributed by atoms with E-state index in [2.05, 4.69) is 16.0 Å². The van der Waals surface area contributed by atoms with E-state index in [1.165, 1.54) is 5.56 Å². The molecule has 0 saturated carbocycles. The molecule has 29 heavy (non-hydrogen) atoms. The Morgan fingerprint density at radius 1 is 1.07 bits per heavy atom. The van der Waals surface area contributed by atoms with Gasteiger partial charge in [-0.25, -0.2) is 0 Å². The Morgan fingerprint density at radius 2 is 1.83 bits per heavy atom. The van der Waals surface area contributed by atoms with E-state index in [1.807, 2.05) is 61.2 Å². The second kappa shape index (κ2) is 11.9. The zero-order valence-electron chi connectivity index (χ0n) is 16.6. The average molecular weight is 434 g/mol. The Bertz CT molecular complexity index is 808. The monoisotopic (exact) mass is 433 g/mol. The Morgan fingerprint density at radius 3 is 2.55 bits per heavy atom. The molecule has 1 fully saturated rings. The summed E-state index contributed by atoms with van der Waals surface area (Å²) < 4.78 is 0. The molecule has 3 N–H and O–H groups in total. The van der Waals surface area contributed by atoms with Gasteiger partial charge in [0.2, 0.25) is 5.91 Å². The van der Waals surface area contributed by atoms with Crippen LogP contribution in [0.4, 0.5) is 0 Å². The molecular weight excluding hydrogens is 406 g/mol. The highest BCUT2D eigenvalue weighted by Gasteiger charge is 2.16. The number of hydrogen-bond donors (Lipinski definition) is 3. The first-order chi connectivity index (χ1) is 13.6. The van der Waals surface area contributed by atoms with Crippen LogP contribution in [0.25, 0.3) is 0 Å². The van der Waals surface area contributed by atoms with Gasteiger partial charge in [0.05, 0.1) is 0 Å². The van der Waals surface area contributed by atoms with Crippen LogP contribution in [0.3, 0.4) is 0 Å². The highest BCUT2D eigenvalue weighted by Crippen LogP contribution is 2.11. The van der Waals surface area contributed by atoms with Crippen LogP contribution < -0.4 is 16.0 Å². The Balaban J connectivity index is 0.00000300. The summed E-state index contributed by atoms with van der Waals surface area (Å²) in [5.41, 5.74) is 3.78. The average Bonchev–Trinajstić information content (AvgIpc) is 2.72. The Kier molecular flexibility index (Phi) is 9.51. The zero-order valence-corrected chi connectivity index (χ0v) is 18.2. The fourth-order valence-electron chi connectivity index (χ4n) is 3.06. The number of amides is 2. The van der Waals surface area contributed by atoms with Gasteiger partial charge < -0.3 is 16.0 Å². The van der Waals surface area contributed by atoms with E-state index in [4.69, 9.17) is 0 Å².